The lowest BCUT2D eigenvalue weighted by atomic mass is 9.86. The Balaban J connectivity index is 2.58. The molecule has 0 aliphatic heterocycles. The van der Waals surface area contributed by atoms with Crippen LogP contribution in [-0.2, 0) is 16.8 Å². The minimum atomic E-state index is 0.0775. The highest BCUT2D eigenvalue weighted by Crippen LogP contribution is 2.28. The van der Waals surface area contributed by atoms with Crippen LogP contribution < -0.4 is 5.32 Å². The number of hydrogen-bond acceptors (Lipinski definition) is 3. The maximum atomic E-state index is 5.77. The van der Waals surface area contributed by atoms with E-state index < -0.39 is 0 Å². The highest BCUT2D eigenvalue weighted by Gasteiger charge is 2.23. The third-order valence-electron chi connectivity index (χ3n) is 2.79. The van der Waals surface area contributed by atoms with E-state index in [0.717, 1.165) is 31.0 Å². The Kier molecular flexibility index (Phi) is 5.03. The number of ether oxygens (including phenoxy) is 1. The van der Waals surface area contributed by atoms with Gasteiger partial charge in [-0.3, -0.25) is 0 Å². The molecule has 1 aromatic heterocycles. The highest BCUT2D eigenvalue weighted by atomic mass is 16.5. The summed E-state index contributed by atoms with van der Waals surface area (Å²) in [5, 5.41) is 3.34. The number of furan rings is 1. The lowest BCUT2D eigenvalue weighted by Gasteiger charge is -2.22. The Labute approximate surface area is 98.2 Å². The molecule has 3 heteroatoms. The van der Waals surface area contributed by atoms with Crippen molar-refractivity contribution in [2.45, 2.75) is 39.2 Å². The van der Waals surface area contributed by atoms with E-state index in [1.807, 2.05) is 6.07 Å². The summed E-state index contributed by atoms with van der Waals surface area (Å²) < 4.78 is 10.8. The first kappa shape index (κ1) is 13.3. The Bertz CT molecular complexity index is 305. The van der Waals surface area contributed by atoms with Crippen LogP contribution >= 0.6 is 0 Å². The minimum absolute atomic E-state index is 0.0775. The molecule has 0 radical (unpaired) electrons. The molecule has 0 saturated heterocycles. The fraction of sp³-hybridized carbons (Fsp3) is 0.692. The third kappa shape index (κ3) is 3.65. The highest BCUT2D eigenvalue weighted by molar-refractivity contribution is 5.15. The van der Waals surface area contributed by atoms with Gasteiger partial charge in [-0.1, -0.05) is 20.8 Å². The van der Waals surface area contributed by atoms with Crippen LogP contribution in [0.3, 0.4) is 0 Å². The zero-order valence-electron chi connectivity index (χ0n) is 10.8. The predicted octanol–water partition coefficient (Wildman–Crippen LogP) is 2.70. The second-order valence-corrected chi connectivity index (χ2v) is 4.69. The van der Waals surface area contributed by atoms with Crippen LogP contribution in [0.2, 0.25) is 0 Å². The third-order valence-corrected chi connectivity index (χ3v) is 2.79. The summed E-state index contributed by atoms with van der Waals surface area (Å²) in [7, 11) is 1.68. The average Bonchev–Trinajstić information content (AvgIpc) is 2.68. The van der Waals surface area contributed by atoms with Crippen molar-refractivity contribution >= 4 is 0 Å². The van der Waals surface area contributed by atoms with Crippen LogP contribution in [0, 0.1) is 0 Å². The number of hydrogen-bond donors (Lipinski definition) is 1. The maximum absolute atomic E-state index is 5.77. The first-order chi connectivity index (χ1) is 7.60. The van der Waals surface area contributed by atoms with E-state index in [0.29, 0.717) is 6.61 Å². The molecule has 0 unspecified atom stereocenters. The van der Waals surface area contributed by atoms with Crippen LogP contribution in [0.5, 0.6) is 0 Å². The second-order valence-electron chi connectivity index (χ2n) is 4.69. The smallest absolute Gasteiger partial charge is 0.129 e. The van der Waals surface area contributed by atoms with Crippen molar-refractivity contribution in [3.63, 3.8) is 0 Å². The zero-order chi connectivity index (χ0) is 12.0. The van der Waals surface area contributed by atoms with E-state index in [-0.39, 0.29) is 5.41 Å². The molecule has 0 aliphatic rings. The van der Waals surface area contributed by atoms with Crippen molar-refractivity contribution in [3.05, 3.63) is 23.7 Å². The lowest BCUT2D eigenvalue weighted by molar-refractivity contribution is 0.160. The Hall–Kier alpha value is -0.800. The molecule has 0 aromatic carbocycles. The summed E-state index contributed by atoms with van der Waals surface area (Å²) in [6, 6.07) is 4.05. The van der Waals surface area contributed by atoms with Gasteiger partial charge in [0, 0.05) is 12.5 Å². The van der Waals surface area contributed by atoms with Crippen molar-refractivity contribution in [2.24, 2.45) is 0 Å². The summed E-state index contributed by atoms with van der Waals surface area (Å²) in [5.74, 6) is 1.94. The summed E-state index contributed by atoms with van der Waals surface area (Å²) in [6.45, 7) is 9.12. The molecule has 1 heterocycles. The lowest BCUT2D eigenvalue weighted by Crippen LogP contribution is -2.24. The number of rotatable bonds is 7. The van der Waals surface area contributed by atoms with Crippen molar-refractivity contribution in [2.75, 3.05) is 20.2 Å². The molecule has 0 atom stereocenters. The van der Waals surface area contributed by atoms with Crippen molar-refractivity contribution in [1.82, 2.24) is 5.32 Å². The molecule has 16 heavy (non-hydrogen) atoms. The van der Waals surface area contributed by atoms with Crippen LogP contribution in [0.1, 0.15) is 38.7 Å². The molecule has 0 amide bonds. The summed E-state index contributed by atoms with van der Waals surface area (Å²) in [6.07, 6.45) is 1.07. The van der Waals surface area contributed by atoms with Gasteiger partial charge in [-0.25, -0.2) is 0 Å². The SMILES string of the molecule is CCNCCC(C)(C)c1ccc(COC)o1. The minimum Gasteiger partial charge on any atom is -0.463 e. The van der Waals surface area contributed by atoms with Gasteiger partial charge in [0.15, 0.2) is 0 Å². The van der Waals surface area contributed by atoms with Gasteiger partial charge in [-0.2, -0.15) is 0 Å². The van der Waals surface area contributed by atoms with E-state index in [9.17, 15) is 0 Å². The van der Waals surface area contributed by atoms with Gasteiger partial charge >= 0.3 is 0 Å². The molecule has 1 aromatic rings. The van der Waals surface area contributed by atoms with E-state index in [1.165, 1.54) is 0 Å². The van der Waals surface area contributed by atoms with Crippen molar-refractivity contribution in [1.29, 1.82) is 0 Å². The molecule has 3 nitrogen and oxygen atoms in total. The molecule has 92 valence electrons. The van der Waals surface area contributed by atoms with Gasteiger partial charge in [0.05, 0.1) is 0 Å². The van der Waals surface area contributed by atoms with Gasteiger partial charge in [-0.15, -0.1) is 0 Å². The predicted molar refractivity (Wildman–Crippen MR) is 65.6 cm³/mol. The van der Waals surface area contributed by atoms with Gasteiger partial charge in [0.25, 0.3) is 0 Å². The monoisotopic (exact) mass is 225 g/mol. The summed E-state index contributed by atoms with van der Waals surface area (Å²) in [5.41, 5.74) is 0.0775. The molecule has 0 aliphatic carbocycles. The molecule has 0 fully saturated rings. The van der Waals surface area contributed by atoms with E-state index >= 15 is 0 Å². The average molecular weight is 225 g/mol. The van der Waals surface area contributed by atoms with E-state index in [2.05, 4.69) is 32.2 Å². The summed E-state index contributed by atoms with van der Waals surface area (Å²) in [4.78, 5) is 0. The van der Waals surface area contributed by atoms with E-state index in [1.54, 1.807) is 7.11 Å². The Morgan fingerprint density at radius 3 is 2.75 bits per heavy atom. The molecular formula is C13H23NO2. The molecule has 1 rings (SSSR count). The number of nitrogens with one attached hydrogen (secondary N) is 1. The molecule has 0 bridgehead atoms. The topological polar surface area (TPSA) is 34.4 Å². The molecule has 0 spiro atoms. The van der Waals surface area contributed by atoms with Gasteiger partial charge in [-0.05, 0) is 31.6 Å². The van der Waals surface area contributed by atoms with Crippen LogP contribution in [0.25, 0.3) is 0 Å². The number of methoxy groups -OCH3 is 1. The van der Waals surface area contributed by atoms with Gasteiger partial charge < -0.3 is 14.5 Å². The first-order valence-corrected chi connectivity index (χ1v) is 5.89. The first-order valence-electron chi connectivity index (χ1n) is 5.89. The Morgan fingerprint density at radius 2 is 2.12 bits per heavy atom. The molecule has 0 saturated carbocycles. The van der Waals surface area contributed by atoms with Crippen molar-refractivity contribution < 1.29 is 9.15 Å². The van der Waals surface area contributed by atoms with Crippen LogP contribution in [0.15, 0.2) is 16.5 Å². The standard InChI is InChI=1S/C13H23NO2/c1-5-14-9-8-13(2,3)12-7-6-11(16-12)10-15-4/h6-7,14H,5,8-10H2,1-4H3. The quantitative estimate of drug-likeness (QED) is 0.724. The summed E-state index contributed by atoms with van der Waals surface area (Å²) >= 11 is 0. The second kappa shape index (κ2) is 6.06. The van der Waals surface area contributed by atoms with E-state index in [4.69, 9.17) is 9.15 Å². The Morgan fingerprint density at radius 1 is 1.38 bits per heavy atom. The largest absolute Gasteiger partial charge is 0.463 e. The van der Waals surface area contributed by atoms with Crippen LogP contribution in [0.4, 0.5) is 0 Å². The van der Waals surface area contributed by atoms with Crippen molar-refractivity contribution in [3.8, 4) is 0 Å². The maximum Gasteiger partial charge on any atom is 0.129 e. The van der Waals surface area contributed by atoms with Gasteiger partial charge in [0.2, 0.25) is 0 Å². The van der Waals surface area contributed by atoms with Gasteiger partial charge in [0.1, 0.15) is 18.1 Å². The normalized spacial score (nSPS) is 12.0. The van der Waals surface area contributed by atoms with Crippen LogP contribution in [-0.4, -0.2) is 20.2 Å². The zero-order valence-corrected chi connectivity index (χ0v) is 10.8. The molecular weight excluding hydrogens is 202 g/mol. The fourth-order valence-electron chi connectivity index (χ4n) is 1.66. The fourth-order valence-corrected chi connectivity index (χ4v) is 1.66. The molecule has 1 N–H and O–H groups in total.